The van der Waals surface area contributed by atoms with Gasteiger partial charge in [-0.05, 0) is 54.9 Å². The van der Waals surface area contributed by atoms with Gasteiger partial charge < -0.3 is 10.1 Å². The number of amidine groups is 1. The summed E-state index contributed by atoms with van der Waals surface area (Å²) < 4.78 is 5.10. The van der Waals surface area contributed by atoms with Gasteiger partial charge in [-0.2, -0.15) is 5.26 Å². The lowest BCUT2D eigenvalue weighted by molar-refractivity contribution is 0.0945. The molecule has 0 aliphatic rings. The lowest BCUT2D eigenvalue weighted by atomic mass is 10.2. The van der Waals surface area contributed by atoms with Crippen molar-refractivity contribution in [1.29, 1.82) is 5.26 Å². The Balaban J connectivity index is 2.01. The van der Waals surface area contributed by atoms with Gasteiger partial charge in [-0.3, -0.25) is 21.0 Å². The summed E-state index contributed by atoms with van der Waals surface area (Å²) in [5, 5.41) is 14.8. The van der Waals surface area contributed by atoms with E-state index in [1.54, 1.807) is 61.9 Å². The molecule has 28 heavy (non-hydrogen) atoms. The fourth-order valence-electron chi connectivity index (χ4n) is 2.06. The number of amides is 1. The molecule has 8 nitrogen and oxygen atoms in total. The number of hydrazine groups is 1. The van der Waals surface area contributed by atoms with E-state index in [4.69, 9.17) is 22.2 Å². The third kappa shape index (κ3) is 6.15. The van der Waals surface area contributed by atoms with Gasteiger partial charge in [-0.15, -0.1) is 0 Å². The van der Waals surface area contributed by atoms with Crippen LogP contribution in [-0.4, -0.2) is 29.6 Å². The maximum absolute atomic E-state index is 12.5. The highest BCUT2D eigenvalue weighted by atomic mass is 32.2. The van der Waals surface area contributed by atoms with E-state index in [0.717, 1.165) is 11.4 Å². The zero-order chi connectivity index (χ0) is 20.4. The van der Waals surface area contributed by atoms with Crippen molar-refractivity contribution in [1.82, 2.24) is 16.2 Å². The van der Waals surface area contributed by atoms with Gasteiger partial charge >= 0.3 is 0 Å². The van der Waals surface area contributed by atoms with Gasteiger partial charge in [0.05, 0.1) is 18.4 Å². The second-order valence-corrected chi connectivity index (χ2v) is 6.34. The second-order valence-electron chi connectivity index (χ2n) is 5.14. The van der Waals surface area contributed by atoms with Crippen molar-refractivity contribution in [2.75, 3.05) is 18.7 Å². The molecule has 144 valence electrons. The Morgan fingerprint density at radius 3 is 2.54 bits per heavy atom. The van der Waals surface area contributed by atoms with Crippen LogP contribution in [0.4, 0.5) is 11.4 Å². The molecule has 0 fully saturated rings. The molecule has 0 aliphatic carbocycles. The number of ether oxygens (including phenoxy) is 1. The topological polar surface area (TPSA) is 111 Å². The van der Waals surface area contributed by atoms with Crippen molar-refractivity contribution in [3.8, 4) is 11.9 Å². The number of carbonyl (C=O) groups is 1. The van der Waals surface area contributed by atoms with Crippen LogP contribution in [0.3, 0.4) is 0 Å². The van der Waals surface area contributed by atoms with Crippen LogP contribution >= 0.6 is 24.0 Å². The van der Waals surface area contributed by atoms with Crippen molar-refractivity contribution in [2.24, 2.45) is 4.99 Å². The standard InChI is InChI=1S/C18H18N6O2S2/c1-26-13-9-7-12(8-10-13)21-17(27)24-23-16(25)14-5-3-4-6-15(14)22-18(28-2)20-11-19/h3-10H,1-2H3,(H,20,22)(H,23,25)(H2,21,24,27). The lowest BCUT2D eigenvalue weighted by Crippen LogP contribution is -2.43. The van der Waals surface area contributed by atoms with Crippen LogP contribution in [0.2, 0.25) is 0 Å². The molecule has 2 aromatic rings. The summed E-state index contributed by atoms with van der Waals surface area (Å²) in [5.74, 6) is 0.307. The third-order valence-corrected chi connectivity index (χ3v) is 4.15. The van der Waals surface area contributed by atoms with Crippen molar-refractivity contribution in [2.45, 2.75) is 0 Å². The number of benzene rings is 2. The molecule has 0 spiro atoms. The number of nitrogens with zero attached hydrogens (tertiary/aromatic N) is 2. The zero-order valence-corrected chi connectivity index (χ0v) is 16.8. The summed E-state index contributed by atoms with van der Waals surface area (Å²) in [6, 6.07) is 13.9. The molecule has 0 aromatic heterocycles. The highest BCUT2D eigenvalue weighted by molar-refractivity contribution is 8.13. The summed E-state index contributed by atoms with van der Waals surface area (Å²) in [6.07, 6.45) is 3.58. The summed E-state index contributed by atoms with van der Waals surface area (Å²) in [4.78, 5) is 16.8. The largest absolute Gasteiger partial charge is 0.497 e. The fourth-order valence-corrected chi connectivity index (χ4v) is 2.57. The lowest BCUT2D eigenvalue weighted by Gasteiger charge is -2.13. The first kappa shape index (κ1) is 21.0. The van der Waals surface area contributed by atoms with E-state index in [1.165, 1.54) is 11.8 Å². The Bertz CT molecular complexity index is 909. The molecule has 1 amide bonds. The number of nitriles is 1. The number of para-hydroxylation sites is 1. The van der Waals surface area contributed by atoms with Crippen LogP contribution in [0.25, 0.3) is 0 Å². The van der Waals surface area contributed by atoms with Gasteiger partial charge in [0.15, 0.2) is 16.5 Å². The number of hydrogen-bond acceptors (Lipinski definition) is 6. The maximum Gasteiger partial charge on any atom is 0.271 e. The van der Waals surface area contributed by atoms with E-state index in [0.29, 0.717) is 16.4 Å². The summed E-state index contributed by atoms with van der Waals surface area (Å²) >= 11 is 6.44. The highest BCUT2D eigenvalue weighted by Gasteiger charge is 2.11. The number of methoxy groups -OCH3 is 1. The molecule has 0 bridgehead atoms. The first-order valence-electron chi connectivity index (χ1n) is 7.95. The normalized spacial score (nSPS) is 10.4. The Kier molecular flexibility index (Phi) is 8.08. The number of thioether (sulfide) groups is 1. The van der Waals surface area contributed by atoms with E-state index in [-0.39, 0.29) is 5.11 Å². The van der Waals surface area contributed by atoms with Crippen LogP contribution in [0.5, 0.6) is 5.75 Å². The molecular formula is C18H18N6O2S2. The molecule has 10 heteroatoms. The number of nitrogens with one attached hydrogen (secondary N) is 4. The zero-order valence-electron chi connectivity index (χ0n) is 15.1. The van der Waals surface area contributed by atoms with Gasteiger partial charge in [0, 0.05) is 5.69 Å². The smallest absolute Gasteiger partial charge is 0.271 e. The van der Waals surface area contributed by atoms with Crippen molar-refractivity contribution < 1.29 is 9.53 Å². The van der Waals surface area contributed by atoms with Crippen molar-refractivity contribution in [3.05, 3.63) is 54.1 Å². The van der Waals surface area contributed by atoms with Gasteiger partial charge in [0.1, 0.15) is 5.75 Å². The Labute approximate surface area is 172 Å². The number of anilines is 1. The average molecular weight is 415 g/mol. The van der Waals surface area contributed by atoms with Crippen LogP contribution in [0.1, 0.15) is 10.4 Å². The monoisotopic (exact) mass is 414 g/mol. The molecule has 0 aliphatic heterocycles. The minimum atomic E-state index is -0.421. The van der Waals surface area contributed by atoms with Crippen LogP contribution in [0, 0.1) is 11.5 Å². The predicted molar refractivity (Wildman–Crippen MR) is 116 cm³/mol. The predicted octanol–water partition coefficient (Wildman–Crippen LogP) is 2.75. The average Bonchev–Trinajstić information content (AvgIpc) is 2.72. The third-order valence-electron chi connectivity index (χ3n) is 3.36. The van der Waals surface area contributed by atoms with Gasteiger partial charge in [0.2, 0.25) is 0 Å². The molecule has 0 radical (unpaired) electrons. The molecule has 4 N–H and O–H groups in total. The fraction of sp³-hybridized carbons (Fsp3) is 0.111. The van der Waals surface area contributed by atoms with Crippen molar-refractivity contribution >= 4 is 51.5 Å². The van der Waals surface area contributed by atoms with E-state index in [9.17, 15) is 4.79 Å². The summed E-state index contributed by atoms with van der Waals surface area (Å²) in [6.45, 7) is 0. The molecule has 2 aromatic carbocycles. The number of thiocarbonyl (C=S) groups is 1. The molecule has 0 saturated carbocycles. The second kappa shape index (κ2) is 10.8. The first-order valence-corrected chi connectivity index (χ1v) is 9.59. The van der Waals surface area contributed by atoms with E-state index in [1.807, 2.05) is 6.19 Å². The van der Waals surface area contributed by atoms with Gasteiger partial charge in [-0.1, -0.05) is 23.9 Å². The molecule has 0 heterocycles. The minimum Gasteiger partial charge on any atom is -0.497 e. The first-order chi connectivity index (χ1) is 13.6. The number of hydrogen-bond donors (Lipinski definition) is 4. The van der Waals surface area contributed by atoms with Crippen molar-refractivity contribution in [3.63, 3.8) is 0 Å². The molecule has 2 rings (SSSR count). The van der Waals surface area contributed by atoms with Crippen LogP contribution < -0.4 is 26.2 Å². The number of aliphatic imine (C=N–C) groups is 1. The van der Waals surface area contributed by atoms with Crippen LogP contribution in [-0.2, 0) is 0 Å². The van der Waals surface area contributed by atoms with E-state index >= 15 is 0 Å². The quantitative estimate of drug-likeness (QED) is 0.151. The molecule has 0 saturated heterocycles. The highest BCUT2D eigenvalue weighted by Crippen LogP contribution is 2.20. The van der Waals surface area contributed by atoms with Gasteiger partial charge in [-0.25, -0.2) is 4.99 Å². The summed E-state index contributed by atoms with van der Waals surface area (Å²) in [7, 11) is 1.59. The SMILES string of the molecule is COc1ccc(NC(=S)NNC(=O)c2ccccc2N=C(NC#N)SC)cc1. The molecular weight excluding hydrogens is 396 g/mol. The molecule has 0 atom stereocenters. The molecule has 0 unspecified atom stereocenters. The van der Waals surface area contributed by atoms with E-state index in [2.05, 4.69) is 26.5 Å². The number of rotatable bonds is 4. The van der Waals surface area contributed by atoms with Crippen LogP contribution in [0.15, 0.2) is 53.5 Å². The van der Waals surface area contributed by atoms with Gasteiger partial charge in [0.25, 0.3) is 5.91 Å². The Morgan fingerprint density at radius 1 is 1.18 bits per heavy atom. The Hall–Kier alpha value is -3.29. The number of carbonyl (C=O) groups excluding carboxylic acids is 1. The minimum absolute atomic E-state index is 0.218. The maximum atomic E-state index is 12.5. The Morgan fingerprint density at radius 2 is 1.89 bits per heavy atom. The summed E-state index contributed by atoms with van der Waals surface area (Å²) in [5.41, 5.74) is 6.66. The van der Waals surface area contributed by atoms with E-state index < -0.39 is 5.91 Å².